The highest BCUT2D eigenvalue weighted by atomic mass is 16.1. The van der Waals surface area contributed by atoms with Crippen LogP contribution in [0, 0.1) is 0 Å². The van der Waals surface area contributed by atoms with Gasteiger partial charge < -0.3 is 9.59 Å². The Balaban J connectivity index is 3.27. The molecule has 0 bridgehead atoms. The normalized spacial score (nSPS) is 11.8. The van der Waals surface area contributed by atoms with E-state index in [0.29, 0.717) is 12.8 Å². The first-order valence-corrected chi connectivity index (χ1v) is 6.74. The first-order valence-electron chi connectivity index (χ1n) is 6.74. The molecule has 0 amide bonds. The molecular weight excluding hydrogens is 224 g/mol. The van der Waals surface area contributed by atoms with Crippen LogP contribution in [0.2, 0.25) is 0 Å². The largest absolute Gasteiger partial charge is 0.303 e. The summed E-state index contributed by atoms with van der Waals surface area (Å²) in [6.07, 6.45) is 21.9. The van der Waals surface area contributed by atoms with Crippen LogP contribution in [0.4, 0.5) is 0 Å². The summed E-state index contributed by atoms with van der Waals surface area (Å²) in [6, 6.07) is 0. The first-order chi connectivity index (χ1) is 8.91. The molecule has 0 saturated carbocycles. The van der Waals surface area contributed by atoms with Crippen LogP contribution in [0.5, 0.6) is 0 Å². The lowest BCUT2D eigenvalue weighted by atomic mass is 10.2. The third-order valence-electron chi connectivity index (χ3n) is 2.40. The van der Waals surface area contributed by atoms with E-state index >= 15 is 0 Å². The zero-order chi connectivity index (χ0) is 13.3. The van der Waals surface area contributed by atoms with Crippen molar-refractivity contribution in [2.75, 3.05) is 0 Å². The summed E-state index contributed by atoms with van der Waals surface area (Å²) in [7, 11) is 0. The summed E-state index contributed by atoms with van der Waals surface area (Å²) in [4.78, 5) is 20.1. The molecule has 0 spiro atoms. The number of unbranched alkanes of at least 4 members (excludes halogenated alkanes) is 4. The number of allylic oxidation sites excluding steroid dienone is 6. The first kappa shape index (κ1) is 16.6. The molecule has 0 aliphatic carbocycles. The zero-order valence-corrected chi connectivity index (χ0v) is 11.1. The van der Waals surface area contributed by atoms with E-state index in [-0.39, 0.29) is 0 Å². The number of rotatable bonds is 12. The van der Waals surface area contributed by atoms with Gasteiger partial charge in [0.15, 0.2) is 0 Å². The molecule has 0 heterocycles. The van der Waals surface area contributed by atoms with Gasteiger partial charge in [-0.1, -0.05) is 36.5 Å². The molecule has 0 rings (SSSR count). The lowest BCUT2D eigenvalue weighted by molar-refractivity contribution is -0.108. The van der Waals surface area contributed by atoms with Crippen molar-refractivity contribution >= 4 is 12.6 Å². The Kier molecular flexibility index (Phi) is 14.3. The van der Waals surface area contributed by atoms with E-state index in [1.54, 1.807) is 0 Å². The molecule has 0 radical (unpaired) electrons. The predicted molar refractivity (Wildman–Crippen MR) is 76.5 cm³/mol. The predicted octanol–water partition coefficient (Wildman–Crippen LogP) is 4.17. The van der Waals surface area contributed by atoms with Gasteiger partial charge in [-0.05, 0) is 38.5 Å². The molecular formula is C16H24O2. The van der Waals surface area contributed by atoms with Gasteiger partial charge in [-0.3, -0.25) is 0 Å². The van der Waals surface area contributed by atoms with E-state index in [0.717, 1.165) is 51.1 Å². The van der Waals surface area contributed by atoms with E-state index in [1.165, 1.54) is 0 Å². The minimum Gasteiger partial charge on any atom is -0.303 e. The number of hydrogen-bond donors (Lipinski definition) is 0. The average Bonchev–Trinajstić information content (AvgIpc) is 2.39. The fourth-order valence-corrected chi connectivity index (χ4v) is 1.42. The molecule has 0 aromatic heterocycles. The Bertz CT molecular complexity index is 247. The van der Waals surface area contributed by atoms with Gasteiger partial charge in [0.25, 0.3) is 0 Å². The quantitative estimate of drug-likeness (QED) is 0.295. The van der Waals surface area contributed by atoms with Gasteiger partial charge in [-0.25, -0.2) is 0 Å². The van der Waals surface area contributed by atoms with Crippen molar-refractivity contribution < 1.29 is 9.59 Å². The Morgan fingerprint density at radius 2 is 0.611 bits per heavy atom. The summed E-state index contributed by atoms with van der Waals surface area (Å²) in [5.41, 5.74) is 0. The molecule has 0 unspecified atom stereocenters. The van der Waals surface area contributed by atoms with E-state index in [1.807, 2.05) is 0 Å². The molecule has 2 nitrogen and oxygen atoms in total. The van der Waals surface area contributed by atoms with Crippen LogP contribution >= 0.6 is 0 Å². The average molecular weight is 248 g/mol. The molecule has 0 aliphatic heterocycles. The van der Waals surface area contributed by atoms with Crippen molar-refractivity contribution in [2.45, 2.75) is 51.4 Å². The van der Waals surface area contributed by atoms with E-state index in [4.69, 9.17) is 0 Å². The number of carbonyl (C=O) groups excluding carboxylic acids is 2. The van der Waals surface area contributed by atoms with E-state index in [9.17, 15) is 9.59 Å². The highest BCUT2D eigenvalue weighted by molar-refractivity contribution is 5.49. The van der Waals surface area contributed by atoms with Crippen molar-refractivity contribution in [1.29, 1.82) is 0 Å². The molecule has 18 heavy (non-hydrogen) atoms. The Labute approximate surface area is 110 Å². The monoisotopic (exact) mass is 248 g/mol. The third kappa shape index (κ3) is 14.6. The van der Waals surface area contributed by atoms with Crippen LogP contribution in [-0.4, -0.2) is 12.6 Å². The van der Waals surface area contributed by atoms with Crippen LogP contribution in [0.3, 0.4) is 0 Å². The Hall–Kier alpha value is -1.44. The van der Waals surface area contributed by atoms with Crippen LogP contribution in [-0.2, 0) is 9.59 Å². The fourth-order valence-electron chi connectivity index (χ4n) is 1.42. The SMILES string of the molecule is O=CCC/C=C\CC/C=C\CC/C=C\CCC=O. The molecule has 0 N–H and O–H groups in total. The molecule has 0 aliphatic rings. The van der Waals surface area contributed by atoms with E-state index < -0.39 is 0 Å². The number of aldehydes is 2. The third-order valence-corrected chi connectivity index (χ3v) is 2.40. The van der Waals surface area contributed by atoms with Crippen LogP contribution in [0.25, 0.3) is 0 Å². The summed E-state index contributed by atoms with van der Waals surface area (Å²) in [5.74, 6) is 0. The van der Waals surface area contributed by atoms with Crippen LogP contribution < -0.4 is 0 Å². The topological polar surface area (TPSA) is 34.1 Å². The Morgan fingerprint density at radius 3 is 0.833 bits per heavy atom. The maximum absolute atomic E-state index is 10.1. The molecule has 100 valence electrons. The van der Waals surface area contributed by atoms with E-state index in [2.05, 4.69) is 36.5 Å². The Morgan fingerprint density at radius 1 is 0.389 bits per heavy atom. The summed E-state index contributed by atoms with van der Waals surface area (Å²) < 4.78 is 0. The summed E-state index contributed by atoms with van der Waals surface area (Å²) in [6.45, 7) is 0. The minimum atomic E-state index is 0.628. The lowest BCUT2D eigenvalue weighted by Gasteiger charge is -1.89. The fraction of sp³-hybridized carbons (Fsp3) is 0.500. The van der Waals surface area contributed by atoms with Crippen molar-refractivity contribution in [1.82, 2.24) is 0 Å². The van der Waals surface area contributed by atoms with Gasteiger partial charge in [-0.15, -0.1) is 0 Å². The second-order valence-corrected chi connectivity index (χ2v) is 4.06. The van der Waals surface area contributed by atoms with Gasteiger partial charge in [0.05, 0.1) is 0 Å². The number of hydrogen-bond acceptors (Lipinski definition) is 2. The smallest absolute Gasteiger partial charge is 0.120 e. The zero-order valence-electron chi connectivity index (χ0n) is 11.1. The van der Waals surface area contributed by atoms with Crippen molar-refractivity contribution in [3.63, 3.8) is 0 Å². The van der Waals surface area contributed by atoms with Gasteiger partial charge in [0.1, 0.15) is 12.6 Å². The number of carbonyl (C=O) groups is 2. The van der Waals surface area contributed by atoms with Gasteiger partial charge in [0, 0.05) is 12.8 Å². The molecule has 0 atom stereocenters. The van der Waals surface area contributed by atoms with Crippen LogP contribution in [0.15, 0.2) is 36.5 Å². The van der Waals surface area contributed by atoms with Crippen molar-refractivity contribution in [3.05, 3.63) is 36.5 Å². The highest BCUT2D eigenvalue weighted by Crippen LogP contribution is 1.99. The summed E-state index contributed by atoms with van der Waals surface area (Å²) >= 11 is 0. The second-order valence-electron chi connectivity index (χ2n) is 4.06. The molecule has 0 aromatic carbocycles. The van der Waals surface area contributed by atoms with Crippen molar-refractivity contribution in [3.8, 4) is 0 Å². The van der Waals surface area contributed by atoms with Gasteiger partial charge >= 0.3 is 0 Å². The summed E-state index contributed by atoms with van der Waals surface area (Å²) in [5, 5.41) is 0. The molecule has 0 aromatic rings. The van der Waals surface area contributed by atoms with Crippen LogP contribution in [0.1, 0.15) is 51.4 Å². The van der Waals surface area contributed by atoms with Gasteiger partial charge in [-0.2, -0.15) is 0 Å². The molecule has 0 saturated heterocycles. The minimum absolute atomic E-state index is 0.628. The van der Waals surface area contributed by atoms with Gasteiger partial charge in [0.2, 0.25) is 0 Å². The standard InChI is InChI=1S/C16H24O2/c17-15-13-11-9-7-5-3-1-2-4-6-8-10-12-14-16-18/h1-2,7-10,15-16H,3-6,11-14H2/b2-1-,9-7-,10-8-. The lowest BCUT2D eigenvalue weighted by Crippen LogP contribution is -1.72. The second kappa shape index (κ2) is 15.6. The molecule has 0 fully saturated rings. The maximum Gasteiger partial charge on any atom is 0.120 e. The maximum atomic E-state index is 10.1. The molecule has 2 heteroatoms. The highest BCUT2D eigenvalue weighted by Gasteiger charge is 1.81. The van der Waals surface area contributed by atoms with Crippen molar-refractivity contribution in [2.24, 2.45) is 0 Å².